The molecule has 3 rings (SSSR count). The number of anilines is 2. The molecule has 0 atom stereocenters. The number of hydrogen-bond donors (Lipinski definition) is 2. The second kappa shape index (κ2) is 8.07. The van der Waals surface area contributed by atoms with Crippen LogP contribution in [0.2, 0.25) is 0 Å². The van der Waals surface area contributed by atoms with Crippen LogP contribution in [0.5, 0.6) is 0 Å². The Morgan fingerprint density at radius 2 is 1.27 bits per heavy atom. The molecule has 2 amide bonds. The Hall–Kier alpha value is -3.47. The van der Waals surface area contributed by atoms with Crippen molar-refractivity contribution in [2.45, 2.75) is 13.3 Å². The number of hydrogen-bond acceptors (Lipinski definition) is 3. The Labute approximate surface area is 152 Å². The Balaban J connectivity index is 1.71. The third-order valence-electron chi connectivity index (χ3n) is 3.87. The summed E-state index contributed by atoms with van der Waals surface area (Å²) in [5.41, 5.74) is 2.92. The molecule has 5 heteroatoms. The van der Waals surface area contributed by atoms with Gasteiger partial charge in [0.25, 0.3) is 11.8 Å². The van der Waals surface area contributed by atoms with Gasteiger partial charge in [-0.05, 0) is 48.4 Å². The highest BCUT2D eigenvalue weighted by Gasteiger charge is 2.13. The van der Waals surface area contributed by atoms with Crippen LogP contribution in [0.25, 0.3) is 0 Å². The predicted octanol–water partition coefficient (Wildman–Crippen LogP) is 4.15. The molecule has 0 spiro atoms. The lowest BCUT2D eigenvalue weighted by atomic mass is 10.1. The smallest absolute Gasteiger partial charge is 0.274 e. The maximum Gasteiger partial charge on any atom is 0.274 e. The van der Waals surface area contributed by atoms with Gasteiger partial charge in [0.2, 0.25) is 0 Å². The summed E-state index contributed by atoms with van der Waals surface area (Å²) in [7, 11) is 0. The third-order valence-corrected chi connectivity index (χ3v) is 3.87. The van der Waals surface area contributed by atoms with E-state index in [1.54, 1.807) is 30.3 Å². The SMILES string of the molecule is CCc1ccc(NC(=O)c2cccc(C(=O)Nc3ccccc3)n2)cc1. The van der Waals surface area contributed by atoms with Gasteiger partial charge in [0.1, 0.15) is 11.4 Å². The van der Waals surface area contributed by atoms with E-state index in [4.69, 9.17) is 0 Å². The maximum absolute atomic E-state index is 12.4. The predicted molar refractivity (Wildman–Crippen MR) is 102 cm³/mol. The van der Waals surface area contributed by atoms with Crippen LogP contribution in [-0.2, 0) is 6.42 Å². The van der Waals surface area contributed by atoms with Crippen LogP contribution < -0.4 is 10.6 Å². The van der Waals surface area contributed by atoms with Crippen molar-refractivity contribution in [3.05, 3.63) is 89.7 Å². The molecule has 1 heterocycles. The number of benzene rings is 2. The molecule has 2 aromatic carbocycles. The van der Waals surface area contributed by atoms with Crippen LogP contribution in [0, 0.1) is 0 Å². The summed E-state index contributed by atoms with van der Waals surface area (Å²) in [6.07, 6.45) is 0.939. The fourth-order valence-electron chi connectivity index (χ4n) is 2.42. The number of amides is 2. The molecule has 0 saturated carbocycles. The molecule has 5 nitrogen and oxygen atoms in total. The summed E-state index contributed by atoms with van der Waals surface area (Å²) >= 11 is 0. The van der Waals surface area contributed by atoms with Gasteiger partial charge in [-0.2, -0.15) is 0 Å². The minimum absolute atomic E-state index is 0.183. The molecular formula is C21H19N3O2. The number of pyridine rings is 1. The van der Waals surface area contributed by atoms with E-state index in [0.717, 1.165) is 6.42 Å². The average molecular weight is 345 g/mol. The summed E-state index contributed by atoms with van der Waals surface area (Å²) in [5, 5.41) is 5.55. The van der Waals surface area contributed by atoms with Gasteiger partial charge in [0.15, 0.2) is 0 Å². The van der Waals surface area contributed by atoms with Crippen LogP contribution in [0.4, 0.5) is 11.4 Å². The van der Waals surface area contributed by atoms with Crippen molar-refractivity contribution in [2.75, 3.05) is 10.6 Å². The monoisotopic (exact) mass is 345 g/mol. The Morgan fingerprint density at radius 1 is 0.731 bits per heavy atom. The maximum atomic E-state index is 12.4. The molecule has 0 aliphatic carbocycles. The number of aryl methyl sites for hydroxylation is 1. The molecule has 2 N–H and O–H groups in total. The van der Waals surface area contributed by atoms with E-state index in [1.807, 2.05) is 42.5 Å². The third kappa shape index (κ3) is 4.33. The van der Waals surface area contributed by atoms with E-state index in [0.29, 0.717) is 11.4 Å². The fourth-order valence-corrected chi connectivity index (χ4v) is 2.42. The van der Waals surface area contributed by atoms with Crippen LogP contribution in [-0.4, -0.2) is 16.8 Å². The van der Waals surface area contributed by atoms with Crippen molar-refractivity contribution in [3.63, 3.8) is 0 Å². The molecule has 0 aliphatic heterocycles. The summed E-state index contributed by atoms with van der Waals surface area (Å²) in [6, 6.07) is 21.5. The molecule has 1 aromatic heterocycles. The zero-order chi connectivity index (χ0) is 18.4. The molecule has 0 fully saturated rings. The summed E-state index contributed by atoms with van der Waals surface area (Å²) in [5.74, 6) is -0.721. The van der Waals surface area contributed by atoms with Crippen LogP contribution in [0.15, 0.2) is 72.8 Å². The lowest BCUT2D eigenvalue weighted by molar-refractivity contribution is 0.101. The zero-order valence-corrected chi connectivity index (χ0v) is 14.4. The first kappa shape index (κ1) is 17.4. The van der Waals surface area contributed by atoms with Crippen molar-refractivity contribution in [2.24, 2.45) is 0 Å². The molecule has 3 aromatic rings. The normalized spacial score (nSPS) is 10.2. The van der Waals surface area contributed by atoms with E-state index in [-0.39, 0.29) is 23.2 Å². The number of nitrogens with zero attached hydrogens (tertiary/aromatic N) is 1. The van der Waals surface area contributed by atoms with E-state index in [2.05, 4.69) is 22.5 Å². The van der Waals surface area contributed by atoms with Crippen molar-refractivity contribution < 1.29 is 9.59 Å². The molecule has 0 radical (unpaired) electrons. The van der Waals surface area contributed by atoms with E-state index < -0.39 is 0 Å². The van der Waals surface area contributed by atoms with E-state index in [1.165, 1.54) is 5.56 Å². The molecule has 130 valence electrons. The minimum atomic E-state index is -0.363. The highest BCUT2D eigenvalue weighted by atomic mass is 16.2. The van der Waals surface area contributed by atoms with Crippen LogP contribution in [0.3, 0.4) is 0 Å². The van der Waals surface area contributed by atoms with Gasteiger partial charge in [-0.1, -0.05) is 43.3 Å². The first-order valence-corrected chi connectivity index (χ1v) is 8.39. The Kier molecular flexibility index (Phi) is 5.39. The van der Waals surface area contributed by atoms with Crippen molar-refractivity contribution in [1.82, 2.24) is 4.98 Å². The number of nitrogens with one attached hydrogen (secondary N) is 2. The van der Waals surface area contributed by atoms with Gasteiger partial charge in [0.05, 0.1) is 0 Å². The van der Waals surface area contributed by atoms with Gasteiger partial charge in [-0.15, -0.1) is 0 Å². The van der Waals surface area contributed by atoms with Crippen LogP contribution >= 0.6 is 0 Å². The largest absolute Gasteiger partial charge is 0.321 e. The quantitative estimate of drug-likeness (QED) is 0.730. The Bertz CT molecular complexity index is 906. The Morgan fingerprint density at radius 3 is 1.81 bits per heavy atom. The molecule has 0 bridgehead atoms. The average Bonchev–Trinajstić information content (AvgIpc) is 2.69. The second-order valence-electron chi connectivity index (χ2n) is 5.73. The number of carbonyl (C=O) groups is 2. The fraction of sp³-hybridized carbons (Fsp3) is 0.0952. The number of aromatic nitrogens is 1. The van der Waals surface area contributed by atoms with Gasteiger partial charge in [-0.25, -0.2) is 4.98 Å². The summed E-state index contributed by atoms with van der Waals surface area (Å²) < 4.78 is 0. The number of carbonyl (C=O) groups excluding carboxylic acids is 2. The zero-order valence-electron chi connectivity index (χ0n) is 14.4. The lowest BCUT2D eigenvalue weighted by Gasteiger charge is -2.08. The number of para-hydroxylation sites is 1. The van der Waals surface area contributed by atoms with Gasteiger partial charge in [-0.3, -0.25) is 9.59 Å². The summed E-state index contributed by atoms with van der Waals surface area (Å²) in [4.78, 5) is 28.9. The minimum Gasteiger partial charge on any atom is -0.321 e. The molecule has 0 saturated heterocycles. The van der Waals surface area contributed by atoms with Gasteiger partial charge >= 0.3 is 0 Å². The van der Waals surface area contributed by atoms with Crippen molar-refractivity contribution in [3.8, 4) is 0 Å². The standard InChI is InChI=1S/C21H19N3O2/c1-2-15-11-13-17(14-12-15)23-21(26)19-10-6-9-18(24-19)20(25)22-16-7-4-3-5-8-16/h3-14H,2H2,1H3,(H,22,25)(H,23,26). The van der Waals surface area contributed by atoms with Gasteiger partial charge in [0, 0.05) is 11.4 Å². The lowest BCUT2D eigenvalue weighted by Crippen LogP contribution is -2.18. The van der Waals surface area contributed by atoms with E-state index in [9.17, 15) is 9.59 Å². The van der Waals surface area contributed by atoms with E-state index >= 15 is 0 Å². The second-order valence-corrected chi connectivity index (χ2v) is 5.73. The first-order valence-electron chi connectivity index (χ1n) is 8.39. The van der Waals surface area contributed by atoms with Crippen LogP contribution in [0.1, 0.15) is 33.5 Å². The number of rotatable bonds is 5. The molecule has 0 unspecified atom stereocenters. The topological polar surface area (TPSA) is 71.1 Å². The molecule has 0 aliphatic rings. The van der Waals surface area contributed by atoms with Gasteiger partial charge < -0.3 is 10.6 Å². The highest BCUT2D eigenvalue weighted by molar-refractivity contribution is 6.06. The summed E-state index contributed by atoms with van der Waals surface area (Å²) in [6.45, 7) is 2.07. The van der Waals surface area contributed by atoms with Crippen molar-refractivity contribution >= 4 is 23.2 Å². The molecular weight excluding hydrogens is 326 g/mol. The molecule has 26 heavy (non-hydrogen) atoms. The van der Waals surface area contributed by atoms with Crippen molar-refractivity contribution in [1.29, 1.82) is 0 Å². The first-order chi connectivity index (χ1) is 12.7. The highest BCUT2D eigenvalue weighted by Crippen LogP contribution is 2.12.